The number of hydrogen-bond donors (Lipinski definition) is 2. The maximum atomic E-state index is 5.95. The van der Waals surface area contributed by atoms with E-state index in [1.165, 1.54) is 58.0 Å². The summed E-state index contributed by atoms with van der Waals surface area (Å²) in [5.41, 5.74) is 5.95. The van der Waals surface area contributed by atoms with Crippen molar-refractivity contribution >= 4 is 5.96 Å². The molecule has 1 aliphatic heterocycles. The molecule has 122 valence electrons. The number of likely N-dealkylation sites (tertiary alicyclic amines) is 1. The summed E-state index contributed by atoms with van der Waals surface area (Å²) >= 11 is 0. The highest BCUT2D eigenvalue weighted by Gasteiger charge is 2.27. The lowest BCUT2D eigenvalue weighted by atomic mass is 9.89. The minimum Gasteiger partial charge on any atom is -0.370 e. The van der Waals surface area contributed by atoms with E-state index < -0.39 is 0 Å². The zero-order valence-electron chi connectivity index (χ0n) is 14.0. The van der Waals surface area contributed by atoms with Crippen LogP contribution in [0.4, 0.5) is 0 Å². The molecule has 21 heavy (non-hydrogen) atoms. The Hall–Kier alpha value is -0.770. The van der Waals surface area contributed by atoms with Crippen molar-refractivity contribution in [1.29, 1.82) is 0 Å². The molecule has 1 saturated heterocycles. The second-order valence-corrected chi connectivity index (χ2v) is 7.30. The Labute approximate surface area is 130 Å². The van der Waals surface area contributed by atoms with E-state index in [4.69, 9.17) is 5.73 Å². The molecule has 1 heterocycles. The lowest BCUT2D eigenvalue weighted by molar-refractivity contribution is 0.188. The van der Waals surface area contributed by atoms with Gasteiger partial charge in [-0.05, 0) is 44.1 Å². The molecule has 0 aromatic carbocycles. The van der Waals surface area contributed by atoms with E-state index in [1.54, 1.807) is 0 Å². The van der Waals surface area contributed by atoms with Gasteiger partial charge in [-0.25, -0.2) is 0 Å². The summed E-state index contributed by atoms with van der Waals surface area (Å²) in [4.78, 5) is 7.08. The van der Waals surface area contributed by atoms with Gasteiger partial charge in [-0.15, -0.1) is 0 Å². The number of nitrogens with zero attached hydrogens (tertiary/aromatic N) is 2. The topological polar surface area (TPSA) is 53.6 Å². The van der Waals surface area contributed by atoms with E-state index in [9.17, 15) is 0 Å². The SMILES string of the molecule is CC(C)CN=C(N)NCC1CCCN1CC1CCCCC1. The summed E-state index contributed by atoms with van der Waals surface area (Å²) in [5, 5.41) is 3.33. The van der Waals surface area contributed by atoms with Crippen molar-refractivity contribution in [3.05, 3.63) is 0 Å². The average Bonchev–Trinajstić information content (AvgIpc) is 2.91. The van der Waals surface area contributed by atoms with Gasteiger partial charge in [0, 0.05) is 25.7 Å². The molecule has 3 N–H and O–H groups in total. The Bertz CT molecular complexity index is 321. The highest BCUT2D eigenvalue weighted by atomic mass is 15.2. The first-order valence-electron chi connectivity index (χ1n) is 8.93. The number of nitrogens with two attached hydrogens (primary N) is 1. The monoisotopic (exact) mass is 294 g/mol. The van der Waals surface area contributed by atoms with E-state index in [1.807, 2.05) is 0 Å². The van der Waals surface area contributed by atoms with Crippen LogP contribution in [-0.2, 0) is 0 Å². The Morgan fingerprint density at radius 2 is 1.95 bits per heavy atom. The van der Waals surface area contributed by atoms with Crippen LogP contribution in [0.1, 0.15) is 58.8 Å². The van der Waals surface area contributed by atoms with Crippen LogP contribution in [0, 0.1) is 11.8 Å². The Kier molecular flexibility index (Phi) is 6.81. The molecule has 1 aliphatic carbocycles. The minimum absolute atomic E-state index is 0.569. The minimum atomic E-state index is 0.569. The molecule has 4 nitrogen and oxygen atoms in total. The summed E-state index contributed by atoms with van der Waals surface area (Å²) in [6, 6.07) is 0.653. The van der Waals surface area contributed by atoms with Gasteiger partial charge in [0.25, 0.3) is 0 Å². The molecule has 1 unspecified atom stereocenters. The Morgan fingerprint density at radius 3 is 2.67 bits per heavy atom. The maximum absolute atomic E-state index is 5.95. The first kappa shape index (κ1) is 16.6. The molecule has 0 amide bonds. The van der Waals surface area contributed by atoms with Crippen LogP contribution < -0.4 is 11.1 Å². The lowest BCUT2D eigenvalue weighted by Crippen LogP contribution is -2.44. The number of hydrogen-bond acceptors (Lipinski definition) is 2. The normalized spacial score (nSPS) is 25.7. The quantitative estimate of drug-likeness (QED) is 0.585. The van der Waals surface area contributed by atoms with Gasteiger partial charge in [0.05, 0.1) is 0 Å². The molecule has 0 aromatic heterocycles. The van der Waals surface area contributed by atoms with Crippen molar-refractivity contribution in [3.63, 3.8) is 0 Å². The molecule has 0 radical (unpaired) electrons. The number of rotatable bonds is 6. The van der Waals surface area contributed by atoms with Gasteiger partial charge in [-0.2, -0.15) is 0 Å². The highest BCUT2D eigenvalue weighted by Crippen LogP contribution is 2.27. The Balaban J connectivity index is 1.72. The predicted molar refractivity (Wildman–Crippen MR) is 90.5 cm³/mol. The molecule has 1 saturated carbocycles. The van der Waals surface area contributed by atoms with Gasteiger partial charge < -0.3 is 11.1 Å². The van der Waals surface area contributed by atoms with Crippen LogP contribution in [0.3, 0.4) is 0 Å². The van der Waals surface area contributed by atoms with Gasteiger partial charge in [-0.3, -0.25) is 9.89 Å². The highest BCUT2D eigenvalue weighted by molar-refractivity contribution is 5.77. The predicted octanol–water partition coefficient (Wildman–Crippen LogP) is 2.59. The van der Waals surface area contributed by atoms with Gasteiger partial charge in [0.2, 0.25) is 0 Å². The zero-order valence-corrected chi connectivity index (χ0v) is 14.0. The van der Waals surface area contributed by atoms with Crippen molar-refractivity contribution in [2.24, 2.45) is 22.6 Å². The first-order chi connectivity index (χ1) is 10.1. The fourth-order valence-electron chi connectivity index (χ4n) is 3.63. The summed E-state index contributed by atoms with van der Waals surface area (Å²) in [5.74, 6) is 2.12. The molecule has 4 heteroatoms. The van der Waals surface area contributed by atoms with E-state index >= 15 is 0 Å². The third-order valence-electron chi connectivity index (χ3n) is 4.86. The second kappa shape index (κ2) is 8.62. The van der Waals surface area contributed by atoms with Crippen LogP contribution in [0.2, 0.25) is 0 Å². The third kappa shape index (κ3) is 5.85. The molecular weight excluding hydrogens is 260 g/mol. The first-order valence-corrected chi connectivity index (χ1v) is 8.93. The number of guanidine groups is 1. The van der Waals surface area contributed by atoms with Gasteiger partial charge in [0.1, 0.15) is 0 Å². The molecular formula is C17H34N4. The summed E-state index contributed by atoms with van der Waals surface area (Å²) in [6.07, 6.45) is 9.85. The van der Waals surface area contributed by atoms with Crippen LogP contribution >= 0.6 is 0 Å². The molecule has 2 rings (SSSR count). The van der Waals surface area contributed by atoms with E-state index in [0.29, 0.717) is 17.9 Å². The van der Waals surface area contributed by atoms with Gasteiger partial charge >= 0.3 is 0 Å². The van der Waals surface area contributed by atoms with Crippen LogP contribution in [-0.4, -0.2) is 43.1 Å². The van der Waals surface area contributed by atoms with E-state index in [0.717, 1.165) is 19.0 Å². The molecule has 1 atom stereocenters. The Morgan fingerprint density at radius 1 is 1.19 bits per heavy atom. The van der Waals surface area contributed by atoms with Crippen LogP contribution in [0.25, 0.3) is 0 Å². The van der Waals surface area contributed by atoms with Gasteiger partial charge in [0.15, 0.2) is 5.96 Å². The standard InChI is InChI=1S/C17H34N4/c1-14(2)11-19-17(18)20-12-16-9-6-10-21(16)13-15-7-4-3-5-8-15/h14-16H,3-13H2,1-2H3,(H3,18,19,20). The molecule has 0 aromatic rings. The molecule has 2 aliphatic rings. The van der Waals surface area contributed by atoms with Crippen molar-refractivity contribution in [1.82, 2.24) is 10.2 Å². The van der Waals surface area contributed by atoms with Crippen LogP contribution in [0.15, 0.2) is 4.99 Å². The average molecular weight is 294 g/mol. The van der Waals surface area contributed by atoms with Crippen LogP contribution in [0.5, 0.6) is 0 Å². The van der Waals surface area contributed by atoms with Crippen molar-refractivity contribution < 1.29 is 0 Å². The smallest absolute Gasteiger partial charge is 0.188 e. The lowest BCUT2D eigenvalue weighted by Gasteiger charge is -2.31. The summed E-state index contributed by atoms with van der Waals surface area (Å²) in [6.45, 7) is 8.68. The fraction of sp³-hybridized carbons (Fsp3) is 0.941. The van der Waals surface area contributed by atoms with Crippen molar-refractivity contribution in [3.8, 4) is 0 Å². The third-order valence-corrected chi connectivity index (χ3v) is 4.86. The molecule has 2 fully saturated rings. The van der Waals surface area contributed by atoms with E-state index in [2.05, 4.69) is 29.1 Å². The zero-order chi connectivity index (χ0) is 15.1. The largest absolute Gasteiger partial charge is 0.370 e. The summed E-state index contributed by atoms with van der Waals surface area (Å²) < 4.78 is 0. The molecule has 0 spiro atoms. The fourth-order valence-corrected chi connectivity index (χ4v) is 3.63. The van der Waals surface area contributed by atoms with Crippen molar-refractivity contribution in [2.75, 3.05) is 26.2 Å². The van der Waals surface area contributed by atoms with Crippen molar-refractivity contribution in [2.45, 2.75) is 64.8 Å². The molecule has 0 bridgehead atoms. The number of nitrogens with one attached hydrogen (secondary N) is 1. The van der Waals surface area contributed by atoms with E-state index in [-0.39, 0.29) is 0 Å². The second-order valence-electron chi connectivity index (χ2n) is 7.30. The maximum Gasteiger partial charge on any atom is 0.188 e. The number of aliphatic imine (C=N–C) groups is 1. The van der Waals surface area contributed by atoms with Gasteiger partial charge in [-0.1, -0.05) is 33.1 Å². The summed E-state index contributed by atoms with van der Waals surface area (Å²) in [7, 11) is 0.